The Hall–Kier alpha value is -9.64. The summed E-state index contributed by atoms with van der Waals surface area (Å²) in [7, 11) is 0. The molecule has 0 atom stereocenters. The standard InChI is InChI=1S/C71H48N2O2/c1-71(2)59-33-18-30-53-58-43-48(73(61-34-15-12-27-50(61)45-21-6-3-7-22-45)63-36-20-32-56-52-29-14-17-38-65(52)75-70(56)63)39-41-54(58)66(46-23-8-4-9-24-46)68(67(53)59)57-42-40-49(44-60(57)71)72(47-25-10-5-11-26-47)62-35-19-31-55-51-28-13-16-37-64(51)74-69(55)62/h3-44H,1-2H3. The number of anilines is 6. The fourth-order valence-corrected chi connectivity index (χ4v) is 12.4. The monoisotopic (exact) mass is 960 g/mol. The lowest BCUT2D eigenvalue weighted by Gasteiger charge is -2.38. The summed E-state index contributed by atoms with van der Waals surface area (Å²) >= 11 is 0. The van der Waals surface area contributed by atoms with Crippen LogP contribution >= 0.6 is 0 Å². The first-order chi connectivity index (χ1) is 37.0. The summed E-state index contributed by atoms with van der Waals surface area (Å²) in [6.07, 6.45) is 0. The van der Waals surface area contributed by atoms with Gasteiger partial charge in [0.05, 0.1) is 17.1 Å². The van der Waals surface area contributed by atoms with Crippen molar-refractivity contribution in [1.29, 1.82) is 0 Å². The zero-order valence-corrected chi connectivity index (χ0v) is 41.5. The molecule has 0 aliphatic heterocycles. The Labute approximate surface area is 434 Å². The van der Waals surface area contributed by atoms with Gasteiger partial charge in [-0.05, 0) is 127 Å². The number of furan rings is 2. The first-order valence-corrected chi connectivity index (χ1v) is 25.8. The van der Waals surface area contributed by atoms with Crippen LogP contribution in [0.4, 0.5) is 34.1 Å². The first-order valence-electron chi connectivity index (χ1n) is 25.8. The largest absolute Gasteiger partial charge is 0.454 e. The fraction of sp³-hybridized carbons (Fsp3) is 0.0423. The van der Waals surface area contributed by atoms with E-state index < -0.39 is 0 Å². The molecule has 354 valence electrons. The molecule has 2 aromatic heterocycles. The van der Waals surface area contributed by atoms with Gasteiger partial charge in [-0.2, -0.15) is 0 Å². The highest BCUT2D eigenvalue weighted by Crippen LogP contribution is 2.57. The Kier molecular flexibility index (Phi) is 9.58. The Morgan fingerprint density at radius 2 is 0.827 bits per heavy atom. The van der Waals surface area contributed by atoms with E-state index in [0.717, 1.165) is 89.1 Å². The average molecular weight is 961 g/mol. The second-order valence-electron chi connectivity index (χ2n) is 20.3. The number of para-hydroxylation sites is 6. The molecule has 1 aliphatic carbocycles. The van der Waals surface area contributed by atoms with Crippen LogP contribution in [0.2, 0.25) is 0 Å². The van der Waals surface area contributed by atoms with Crippen molar-refractivity contribution in [2.75, 3.05) is 9.80 Å². The number of benzene rings is 12. The van der Waals surface area contributed by atoms with E-state index in [1.54, 1.807) is 0 Å². The van der Waals surface area contributed by atoms with E-state index in [-0.39, 0.29) is 5.41 Å². The molecule has 0 N–H and O–H groups in total. The molecule has 15 rings (SSSR count). The van der Waals surface area contributed by atoms with E-state index >= 15 is 0 Å². The van der Waals surface area contributed by atoms with Crippen molar-refractivity contribution in [2.24, 2.45) is 0 Å². The lowest BCUT2D eigenvalue weighted by atomic mass is 9.66. The summed E-state index contributed by atoms with van der Waals surface area (Å²) in [5.74, 6) is 0. The van der Waals surface area contributed by atoms with Crippen molar-refractivity contribution in [2.45, 2.75) is 19.3 Å². The second kappa shape index (κ2) is 16.7. The van der Waals surface area contributed by atoms with Gasteiger partial charge >= 0.3 is 0 Å². The van der Waals surface area contributed by atoms with E-state index in [1.807, 2.05) is 12.1 Å². The van der Waals surface area contributed by atoms with Crippen molar-refractivity contribution < 1.29 is 8.83 Å². The average Bonchev–Trinajstić information content (AvgIpc) is 4.15. The van der Waals surface area contributed by atoms with Gasteiger partial charge in [-0.1, -0.05) is 202 Å². The van der Waals surface area contributed by atoms with Crippen LogP contribution in [-0.4, -0.2) is 0 Å². The molecule has 0 saturated carbocycles. The maximum absolute atomic E-state index is 6.85. The predicted octanol–water partition coefficient (Wildman–Crippen LogP) is 20.4. The van der Waals surface area contributed by atoms with Crippen molar-refractivity contribution in [1.82, 2.24) is 0 Å². The Balaban J connectivity index is 0.989. The maximum atomic E-state index is 6.85. The lowest BCUT2D eigenvalue weighted by Crippen LogP contribution is -2.24. The van der Waals surface area contributed by atoms with Crippen molar-refractivity contribution in [3.8, 4) is 33.4 Å². The van der Waals surface area contributed by atoms with Crippen molar-refractivity contribution in [3.05, 3.63) is 266 Å². The zero-order chi connectivity index (χ0) is 49.8. The highest BCUT2D eigenvalue weighted by molar-refractivity contribution is 6.25. The smallest absolute Gasteiger partial charge is 0.159 e. The SMILES string of the molecule is CC1(C)c2cc(N(c3ccccc3)c3cccc4c3oc3ccccc34)ccc2-c2c(-c3ccccc3)c3ccc(N(c4ccccc4-c4ccccc4)c4cccc5c4oc4ccccc45)cc3c3cccc1c23. The van der Waals surface area contributed by atoms with Gasteiger partial charge in [-0.3, -0.25) is 0 Å². The number of nitrogens with zero attached hydrogens (tertiary/aromatic N) is 2. The number of rotatable bonds is 8. The Bertz CT molecular complexity index is 4570. The third-order valence-corrected chi connectivity index (χ3v) is 15.8. The van der Waals surface area contributed by atoms with Gasteiger partial charge in [0.1, 0.15) is 11.2 Å². The van der Waals surface area contributed by atoms with Gasteiger partial charge in [0.25, 0.3) is 0 Å². The molecule has 0 spiro atoms. The molecular formula is C71H48N2O2. The summed E-state index contributed by atoms with van der Waals surface area (Å²) < 4.78 is 13.6. The third kappa shape index (κ3) is 6.56. The van der Waals surface area contributed by atoms with Crippen LogP contribution in [0.15, 0.2) is 264 Å². The van der Waals surface area contributed by atoms with Crippen LogP contribution in [-0.2, 0) is 5.41 Å². The molecule has 0 radical (unpaired) electrons. The highest BCUT2D eigenvalue weighted by atomic mass is 16.3. The molecule has 0 saturated heterocycles. The highest BCUT2D eigenvalue weighted by Gasteiger charge is 2.37. The van der Waals surface area contributed by atoms with Crippen LogP contribution in [0.1, 0.15) is 25.0 Å². The molecule has 75 heavy (non-hydrogen) atoms. The van der Waals surface area contributed by atoms with Gasteiger partial charge in [0, 0.05) is 49.6 Å². The molecule has 4 nitrogen and oxygen atoms in total. The molecule has 0 fully saturated rings. The van der Waals surface area contributed by atoms with E-state index in [2.05, 4.69) is 266 Å². The molecule has 12 aromatic carbocycles. The summed E-state index contributed by atoms with van der Waals surface area (Å²) in [6.45, 7) is 4.80. The third-order valence-electron chi connectivity index (χ3n) is 15.8. The van der Waals surface area contributed by atoms with Crippen molar-refractivity contribution in [3.63, 3.8) is 0 Å². The van der Waals surface area contributed by atoms with E-state index in [9.17, 15) is 0 Å². The Morgan fingerprint density at radius 3 is 1.52 bits per heavy atom. The second-order valence-corrected chi connectivity index (χ2v) is 20.3. The summed E-state index contributed by atoms with van der Waals surface area (Å²) in [6, 6.07) is 92.1. The van der Waals surface area contributed by atoms with Crippen LogP contribution in [0.25, 0.3) is 98.8 Å². The molecule has 14 aromatic rings. The van der Waals surface area contributed by atoms with Crippen LogP contribution in [0, 0.1) is 0 Å². The molecule has 1 aliphatic rings. The van der Waals surface area contributed by atoms with E-state index in [4.69, 9.17) is 8.83 Å². The van der Waals surface area contributed by atoms with Gasteiger partial charge in [0.15, 0.2) is 11.2 Å². The van der Waals surface area contributed by atoms with Gasteiger partial charge in [-0.15, -0.1) is 0 Å². The van der Waals surface area contributed by atoms with Crippen LogP contribution < -0.4 is 9.80 Å². The Morgan fingerprint density at radius 1 is 0.307 bits per heavy atom. The quantitative estimate of drug-likeness (QED) is 0.142. The number of hydrogen-bond donors (Lipinski definition) is 0. The normalized spacial score (nSPS) is 12.8. The minimum Gasteiger partial charge on any atom is -0.454 e. The predicted molar refractivity (Wildman–Crippen MR) is 314 cm³/mol. The minimum atomic E-state index is -0.386. The molecule has 2 heterocycles. The zero-order valence-electron chi connectivity index (χ0n) is 41.5. The van der Waals surface area contributed by atoms with Gasteiger partial charge < -0.3 is 18.6 Å². The minimum absolute atomic E-state index is 0.386. The number of fused-ring (bicyclic) bond motifs is 10. The first kappa shape index (κ1) is 43.0. The van der Waals surface area contributed by atoms with Crippen molar-refractivity contribution >= 4 is 99.5 Å². The number of hydrogen-bond acceptors (Lipinski definition) is 4. The molecule has 4 heteroatoms. The van der Waals surface area contributed by atoms with Crippen LogP contribution in [0.5, 0.6) is 0 Å². The molecular weight excluding hydrogens is 913 g/mol. The lowest BCUT2D eigenvalue weighted by molar-refractivity contribution is 0.645. The summed E-state index contributed by atoms with van der Waals surface area (Å²) in [5.41, 5.74) is 19.0. The van der Waals surface area contributed by atoms with Gasteiger partial charge in [0.2, 0.25) is 0 Å². The van der Waals surface area contributed by atoms with E-state index in [1.165, 1.54) is 54.9 Å². The van der Waals surface area contributed by atoms with Gasteiger partial charge in [-0.25, -0.2) is 0 Å². The van der Waals surface area contributed by atoms with E-state index in [0.29, 0.717) is 0 Å². The molecule has 0 bridgehead atoms. The van der Waals surface area contributed by atoms with Crippen LogP contribution in [0.3, 0.4) is 0 Å². The maximum Gasteiger partial charge on any atom is 0.159 e. The fourth-order valence-electron chi connectivity index (χ4n) is 12.4. The molecule has 0 amide bonds. The molecule has 0 unspecified atom stereocenters. The topological polar surface area (TPSA) is 32.8 Å². The summed E-state index contributed by atoms with van der Waals surface area (Å²) in [4.78, 5) is 4.78. The summed E-state index contributed by atoms with van der Waals surface area (Å²) in [5, 5.41) is 9.29.